The molecule has 0 radical (unpaired) electrons. The summed E-state index contributed by atoms with van der Waals surface area (Å²) in [6.45, 7) is 5.71. The first kappa shape index (κ1) is 15.0. The Morgan fingerprint density at radius 2 is 2.16 bits per heavy atom. The van der Waals surface area contributed by atoms with E-state index in [4.69, 9.17) is 14.7 Å². The van der Waals surface area contributed by atoms with Crippen molar-refractivity contribution in [2.45, 2.75) is 39.2 Å². The van der Waals surface area contributed by atoms with Gasteiger partial charge in [-0.1, -0.05) is 0 Å². The zero-order valence-electron chi connectivity index (χ0n) is 11.5. The fourth-order valence-corrected chi connectivity index (χ4v) is 1.33. The minimum atomic E-state index is -0.475. The number of carbonyl (C=O) groups is 1. The molecule has 0 saturated carbocycles. The highest BCUT2D eigenvalue weighted by molar-refractivity contribution is 5.69. The quantitative estimate of drug-likeness (QED) is 0.761. The second kappa shape index (κ2) is 6.74. The second-order valence-electron chi connectivity index (χ2n) is 5.01. The third-order valence-corrected chi connectivity index (χ3v) is 2.05. The molecule has 1 aromatic rings. The van der Waals surface area contributed by atoms with Crippen LogP contribution in [0.2, 0.25) is 0 Å². The van der Waals surface area contributed by atoms with E-state index in [2.05, 4.69) is 4.98 Å². The number of nitriles is 1. The van der Waals surface area contributed by atoms with Gasteiger partial charge in [-0.3, -0.25) is 9.78 Å². The van der Waals surface area contributed by atoms with Gasteiger partial charge in [-0.2, -0.15) is 5.26 Å². The maximum atomic E-state index is 11.4. The largest absolute Gasteiger partial charge is 0.491 e. The Labute approximate surface area is 113 Å². The molecule has 0 fully saturated rings. The van der Waals surface area contributed by atoms with E-state index in [1.807, 2.05) is 26.8 Å². The first-order valence-corrected chi connectivity index (χ1v) is 6.07. The van der Waals surface area contributed by atoms with E-state index in [1.165, 1.54) is 0 Å². The molecule has 0 aromatic carbocycles. The van der Waals surface area contributed by atoms with Crippen molar-refractivity contribution < 1.29 is 14.3 Å². The normalized spacial score (nSPS) is 10.6. The molecule has 1 aromatic heterocycles. The fraction of sp³-hybridized carbons (Fsp3) is 0.500. The van der Waals surface area contributed by atoms with E-state index in [1.54, 1.807) is 18.3 Å². The highest BCUT2D eigenvalue weighted by Gasteiger charge is 2.15. The van der Waals surface area contributed by atoms with E-state index in [0.717, 1.165) is 0 Å². The lowest BCUT2D eigenvalue weighted by atomic mass is 10.2. The Hall–Kier alpha value is -2.09. The van der Waals surface area contributed by atoms with Crippen LogP contribution in [0.3, 0.4) is 0 Å². The van der Waals surface area contributed by atoms with Gasteiger partial charge in [0.15, 0.2) is 0 Å². The maximum absolute atomic E-state index is 11.4. The lowest BCUT2D eigenvalue weighted by Gasteiger charge is -2.19. The van der Waals surface area contributed by atoms with Gasteiger partial charge in [0, 0.05) is 0 Å². The van der Waals surface area contributed by atoms with E-state index >= 15 is 0 Å². The number of hydrogen-bond donors (Lipinski definition) is 0. The molecule has 0 aliphatic carbocycles. The van der Waals surface area contributed by atoms with Gasteiger partial charge in [-0.05, 0) is 32.9 Å². The van der Waals surface area contributed by atoms with E-state index < -0.39 is 5.60 Å². The summed E-state index contributed by atoms with van der Waals surface area (Å²) < 4.78 is 10.5. The summed E-state index contributed by atoms with van der Waals surface area (Å²) in [5.74, 6) is 0.284. The third kappa shape index (κ3) is 6.41. The van der Waals surface area contributed by atoms with Crippen molar-refractivity contribution in [3.05, 3.63) is 24.0 Å². The van der Waals surface area contributed by atoms with Crippen LogP contribution in [-0.4, -0.2) is 23.2 Å². The zero-order valence-corrected chi connectivity index (χ0v) is 11.5. The van der Waals surface area contributed by atoms with Gasteiger partial charge in [0.25, 0.3) is 0 Å². The SMILES string of the molecule is CC(C)(C)OC(=O)CCOc1ccc(CC#N)nc1. The first-order chi connectivity index (χ1) is 8.90. The molecule has 0 bridgehead atoms. The predicted octanol–water partition coefficient (Wildman–Crippen LogP) is 2.26. The molecule has 0 amide bonds. The van der Waals surface area contributed by atoms with Crippen LogP contribution < -0.4 is 4.74 Å². The summed E-state index contributed by atoms with van der Waals surface area (Å²) in [6.07, 6.45) is 2.01. The number of pyridine rings is 1. The molecule has 0 saturated heterocycles. The zero-order chi connectivity index (χ0) is 14.3. The predicted molar refractivity (Wildman–Crippen MR) is 69.5 cm³/mol. The number of carbonyl (C=O) groups excluding carboxylic acids is 1. The van der Waals surface area contributed by atoms with Gasteiger partial charge in [0.1, 0.15) is 11.4 Å². The lowest BCUT2D eigenvalue weighted by molar-refractivity contribution is -0.155. The molecule has 5 heteroatoms. The first-order valence-electron chi connectivity index (χ1n) is 6.07. The topological polar surface area (TPSA) is 72.2 Å². The second-order valence-corrected chi connectivity index (χ2v) is 5.01. The Morgan fingerprint density at radius 3 is 2.68 bits per heavy atom. The van der Waals surface area contributed by atoms with E-state index in [0.29, 0.717) is 11.4 Å². The molecule has 0 atom stereocenters. The van der Waals surface area contributed by atoms with Gasteiger partial charge >= 0.3 is 5.97 Å². The highest BCUT2D eigenvalue weighted by Crippen LogP contribution is 2.11. The number of aromatic nitrogens is 1. The molecule has 102 valence electrons. The van der Waals surface area contributed by atoms with Crippen LogP contribution in [0.1, 0.15) is 32.9 Å². The Kier molecular flexibility index (Phi) is 5.31. The molecule has 0 N–H and O–H groups in total. The molecule has 0 spiro atoms. The minimum absolute atomic E-state index is 0.192. The average molecular weight is 262 g/mol. The van der Waals surface area contributed by atoms with Crippen molar-refractivity contribution in [1.82, 2.24) is 4.98 Å². The van der Waals surface area contributed by atoms with Gasteiger partial charge < -0.3 is 9.47 Å². The van der Waals surface area contributed by atoms with Crippen molar-refractivity contribution in [3.8, 4) is 11.8 Å². The summed E-state index contributed by atoms with van der Waals surface area (Å²) in [5.41, 5.74) is 0.222. The monoisotopic (exact) mass is 262 g/mol. The van der Waals surface area contributed by atoms with E-state index in [-0.39, 0.29) is 25.4 Å². The van der Waals surface area contributed by atoms with Crippen LogP contribution in [0.5, 0.6) is 5.75 Å². The molecular weight excluding hydrogens is 244 g/mol. The molecule has 1 rings (SSSR count). The summed E-state index contributed by atoms with van der Waals surface area (Å²) in [6, 6.07) is 5.48. The van der Waals surface area contributed by atoms with Crippen LogP contribution in [0.25, 0.3) is 0 Å². The van der Waals surface area contributed by atoms with E-state index in [9.17, 15) is 4.79 Å². The van der Waals surface area contributed by atoms with Gasteiger partial charge in [-0.25, -0.2) is 0 Å². The Balaban J connectivity index is 2.33. The number of rotatable bonds is 5. The molecule has 5 nitrogen and oxygen atoms in total. The van der Waals surface area contributed by atoms with Crippen LogP contribution in [0.15, 0.2) is 18.3 Å². The van der Waals surface area contributed by atoms with Gasteiger partial charge in [0.2, 0.25) is 0 Å². The van der Waals surface area contributed by atoms with Crippen molar-refractivity contribution in [2.24, 2.45) is 0 Å². The molecular formula is C14H18N2O3. The van der Waals surface area contributed by atoms with Crippen LogP contribution in [-0.2, 0) is 16.0 Å². The van der Waals surface area contributed by atoms with Crippen molar-refractivity contribution in [3.63, 3.8) is 0 Å². The maximum Gasteiger partial charge on any atom is 0.309 e. The Morgan fingerprint density at radius 1 is 1.42 bits per heavy atom. The van der Waals surface area contributed by atoms with Crippen LogP contribution in [0, 0.1) is 11.3 Å². The Bertz CT molecular complexity index is 455. The number of esters is 1. The number of nitrogens with zero attached hydrogens (tertiary/aromatic N) is 2. The molecule has 0 aliphatic heterocycles. The lowest BCUT2D eigenvalue weighted by Crippen LogP contribution is -2.24. The number of hydrogen-bond acceptors (Lipinski definition) is 5. The molecule has 1 heterocycles. The van der Waals surface area contributed by atoms with Gasteiger partial charge in [0.05, 0.1) is 37.4 Å². The third-order valence-electron chi connectivity index (χ3n) is 2.05. The summed E-state index contributed by atoms with van der Waals surface area (Å²) >= 11 is 0. The molecule has 0 aliphatic rings. The van der Waals surface area contributed by atoms with Crippen molar-refractivity contribution >= 4 is 5.97 Å². The van der Waals surface area contributed by atoms with Crippen LogP contribution in [0.4, 0.5) is 0 Å². The summed E-state index contributed by atoms with van der Waals surface area (Å²) in [5, 5.41) is 8.51. The number of ether oxygens (including phenoxy) is 2. The standard InChI is InChI=1S/C14H18N2O3/c1-14(2,3)19-13(17)7-9-18-12-5-4-11(6-8-15)16-10-12/h4-5,10H,6-7,9H2,1-3H3. The molecule has 0 unspecified atom stereocenters. The highest BCUT2D eigenvalue weighted by atomic mass is 16.6. The van der Waals surface area contributed by atoms with Gasteiger partial charge in [-0.15, -0.1) is 0 Å². The molecule has 19 heavy (non-hydrogen) atoms. The average Bonchev–Trinajstić information content (AvgIpc) is 2.29. The summed E-state index contributed by atoms with van der Waals surface area (Å²) in [4.78, 5) is 15.5. The van der Waals surface area contributed by atoms with Crippen molar-refractivity contribution in [2.75, 3.05) is 6.61 Å². The fourth-order valence-electron chi connectivity index (χ4n) is 1.33. The van der Waals surface area contributed by atoms with Crippen molar-refractivity contribution in [1.29, 1.82) is 5.26 Å². The summed E-state index contributed by atoms with van der Waals surface area (Å²) in [7, 11) is 0. The minimum Gasteiger partial charge on any atom is -0.491 e. The smallest absolute Gasteiger partial charge is 0.309 e. The van der Waals surface area contributed by atoms with Crippen LogP contribution >= 0.6 is 0 Å².